The number of rotatable bonds is 2. The van der Waals surface area contributed by atoms with E-state index in [9.17, 15) is 13.6 Å². The van der Waals surface area contributed by atoms with E-state index in [1.807, 2.05) is 0 Å². The van der Waals surface area contributed by atoms with E-state index in [2.05, 4.69) is 4.98 Å². The van der Waals surface area contributed by atoms with E-state index >= 15 is 0 Å². The Hall–Kier alpha value is -1.78. The fourth-order valence-corrected chi connectivity index (χ4v) is 1.21. The molecule has 72 valence electrons. The highest BCUT2D eigenvalue weighted by atomic mass is 19.3. The van der Waals surface area contributed by atoms with E-state index < -0.39 is 6.43 Å². The van der Waals surface area contributed by atoms with Crippen LogP contribution in [0, 0.1) is 0 Å². The quantitative estimate of drug-likeness (QED) is 0.695. The van der Waals surface area contributed by atoms with Crippen LogP contribution in [0.4, 0.5) is 8.78 Å². The van der Waals surface area contributed by atoms with Crippen molar-refractivity contribution in [1.29, 1.82) is 0 Å². The highest BCUT2D eigenvalue weighted by Gasteiger charge is 2.15. The van der Waals surface area contributed by atoms with Crippen LogP contribution in [-0.4, -0.2) is 11.3 Å². The molecule has 0 radical (unpaired) electrons. The number of hydrogen-bond acceptors (Lipinski definition) is 3. The summed E-state index contributed by atoms with van der Waals surface area (Å²) >= 11 is 0. The third-order valence-electron chi connectivity index (χ3n) is 1.80. The molecular formula is C9H5F2NO2. The van der Waals surface area contributed by atoms with Gasteiger partial charge in [-0.25, -0.2) is 13.8 Å². The van der Waals surface area contributed by atoms with Crippen molar-refractivity contribution in [3.8, 4) is 0 Å². The minimum atomic E-state index is -2.62. The number of fused-ring (bicyclic) bond motifs is 1. The normalized spacial score (nSPS) is 11.1. The molecule has 0 amide bonds. The lowest BCUT2D eigenvalue weighted by molar-refractivity contribution is 0.109. The van der Waals surface area contributed by atoms with Gasteiger partial charge in [0.25, 0.3) is 12.3 Å². The highest BCUT2D eigenvalue weighted by Crippen LogP contribution is 2.27. The van der Waals surface area contributed by atoms with Crippen LogP contribution in [0.5, 0.6) is 0 Å². The van der Waals surface area contributed by atoms with Gasteiger partial charge in [0.05, 0.1) is 0 Å². The number of hydrogen-bond donors (Lipinski definition) is 0. The van der Waals surface area contributed by atoms with Gasteiger partial charge >= 0.3 is 0 Å². The number of alkyl halides is 2. The lowest BCUT2D eigenvalue weighted by Gasteiger charge is -1.97. The van der Waals surface area contributed by atoms with Crippen molar-refractivity contribution in [2.75, 3.05) is 0 Å². The predicted molar refractivity (Wildman–Crippen MR) is 44.4 cm³/mol. The third kappa shape index (κ3) is 1.26. The first-order chi connectivity index (χ1) is 6.72. The van der Waals surface area contributed by atoms with Gasteiger partial charge in [-0.1, -0.05) is 12.1 Å². The van der Waals surface area contributed by atoms with Crippen LogP contribution in [0.2, 0.25) is 0 Å². The van der Waals surface area contributed by atoms with E-state index in [1.54, 1.807) is 0 Å². The molecule has 2 aromatic rings. The maximum Gasteiger partial charge on any atom is 0.266 e. The fraction of sp³-hybridized carbons (Fsp3) is 0.111. The van der Waals surface area contributed by atoms with E-state index in [1.165, 1.54) is 18.2 Å². The van der Waals surface area contributed by atoms with Crippen LogP contribution in [0.3, 0.4) is 0 Å². The van der Waals surface area contributed by atoms with Gasteiger partial charge in [-0.2, -0.15) is 0 Å². The summed E-state index contributed by atoms with van der Waals surface area (Å²) < 4.78 is 29.8. The first kappa shape index (κ1) is 8.80. The molecule has 0 aliphatic carbocycles. The van der Waals surface area contributed by atoms with Gasteiger partial charge in [0.15, 0.2) is 5.58 Å². The molecule has 0 saturated heterocycles. The summed E-state index contributed by atoms with van der Waals surface area (Å²) in [5.41, 5.74) is 0.0221. The molecule has 0 spiro atoms. The van der Waals surface area contributed by atoms with Gasteiger partial charge in [0, 0.05) is 5.56 Å². The zero-order valence-corrected chi connectivity index (χ0v) is 6.91. The molecule has 2 rings (SSSR count). The second kappa shape index (κ2) is 3.17. The number of oxazole rings is 1. The van der Waals surface area contributed by atoms with E-state index in [4.69, 9.17) is 4.42 Å². The van der Waals surface area contributed by atoms with E-state index in [-0.39, 0.29) is 22.6 Å². The zero-order valence-electron chi connectivity index (χ0n) is 6.91. The number of carbonyl (C=O) groups is 1. The first-order valence-electron chi connectivity index (χ1n) is 3.85. The molecule has 0 bridgehead atoms. The van der Waals surface area contributed by atoms with Gasteiger partial charge in [-0.3, -0.25) is 4.79 Å². The second-order valence-corrected chi connectivity index (χ2v) is 2.66. The van der Waals surface area contributed by atoms with Crippen molar-refractivity contribution in [3.05, 3.63) is 29.7 Å². The summed E-state index contributed by atoms with van der Waals surface area (Å²) in [4.78, 5) is 14.0. The van der Waals surface area contributed by atoms with E-state index in [0.717, 1.165) is 0 Å². The van der Waals surface area contributed by atoms with Gasteiger partial charge in [0.1, 0.15) is 5.52 Å². The highest BCUT2D eigenvalue weighted by molar-refractivity contribution is 5.81. The number of aromatic nitrogens is 1. The second-order valence-electron chi connectivity index (χ2n) is 2.66. The average Bonchev–Trinajstić information content (AvgIpc) is 2.59. The van der Waals surface area contributed by atoms with Crippen LogP contribution in [0.15, 0.2) is 22.6 Å². The lowest BCUT2D eigenvalue weighted by Crippen LogP contribution is -1.86. The van der Waals surface area contributed by atoms with Crippen LogP contribution < -0.4 is 0 Å². The SMILES string of the molecule is O=Cc1nc2c(C(F)F)cccc2o1. The van der Waals surface area contributed by atoms with Gasteiger partial charge in [-0.15, -0.1) is 0 Å². The number of para-hydroxylation sites is 1. The van der Waals surface area contributed by atoms with Crippen molar-refractivity contribution in [1.82, 2.24) is 4.98 Å². The fourth-order valence-electron chi connectivity index (χ4n) is 1.21. The number of aldehydes is 1. The van der Waals surface area contributed by atoms with Crippen molar-refractivity contribution in [3.63, 3.8) is 0 Å². The summed E-state index contributed by atoms with van der Waals surface area (Å²) in [5, 5.41) is 0. The summed E-state index contributed by atoms with van der Waals surface area (Å²) in [6, 6.07) is 4.18. The molecular weight excluding hydrogens is 192 g/mol. The molecule has 0 fully saturated rings. The van der Waals surface area contributed by atoms with Crippen LogP contribution in [-0.2, 0) is 0 Å². The molecule has 0 aliphatic heterocycles. The molecule has 0 aliphatic rings. The lowest BCUT2D eigenvalue weighted by atomic mass is 10.2. The molecule has 0 saturated carbocycles. The Kier molecular flexibility index (Phi) is 1.99. The molecule has 5 heteroatoms. The third-order valence-corrected chi connectivity index (χ3v) is 1.80. The standard InChI is InChI=1S/C9H5F2NO2/c10-9(11)5-2-1-3-6-8(5)12-7(4-13)14-6/h1-4,9H. The Balaban J connectivity index is 2.72. The first-order valence-corrected chi connectivity index (χ1v) is 3.85. The number of halogens is 2. The van der Waals surface area contributed by atoms with Crippen LogP contribution in [0.1, 0.15) is 22.7 Å². The molecule has 1 aromatic heterocycles. The molecule has 14 heavy (non-hydrogen) atoms. The predicted octanol–water partition coefficient (Wildman–Crippen LogP) is 2.58. The molecule has 3 nitrogen and oxygen atoms in total. The summed E-state index contributed by atoms with van der Waals surface area (Å²) in [7, 11) is 0. The molecule has 0 N–H and O–H groups in total. The average molecular weight is 197 g/mol. The number of benzene rings is 1. The molecule has 1 aromatic carbocycles. The molecule has 1 heterocycles. The largest absolute Gasteiger partial charge is 0.434 e. The Morgan fingerprint density at radius 1 is 1.43 bits per heavy atom. The van der Waals surface area contributed by atoms with E-state index in [0.29, 0.717) is 6.29 Å². The Labute approximate surface area is 77.3 Å². The van der Waals surface area contributed by atoms with Crippen molar-refractivity contribution < 1.29 is 18.0 Å². The maximum absolute atomic E-state index is 12.4. The van der Waals surface area contributed by atoms with Crippen LogP contribution in [0.25, 0.3) is 11.1 Å². The van der Waals surface area contributed by atoms with Crippen molar-refractivity contribution in [2.24, 2.45) is 0 Å². The minimum absolute atomic E-state index is 0.0459. The van der Waals surface area contributed by atoms with Gasteiger partial charge in [0.2, 0.25) is 6.29 Å². The monoisotopic (exact) mass is 197 g/mol. The van der Waals surface area contributed by atoms with Gasteiger partial charge < -0.3 is 4.42 Å². The smallest absolute Gasteiger partial charge is 0.266 e. The van der Waals surface area contributed by atoms with Crippen LogP contribution >= 0.6 is 0 Å². The molecule has 0 atom stereocenters. The Morgan fingerprint density at radius 2 is 2.21 bits per heavy atom. The maximum atomic E-state index is 12.4. The molecule has 0 unspecified atom stereocenters. The number of carbonyl (C=O) groups excluding carboxylic acids is 1. The zero-order chi connectivity index (χ0) is 10.1. The van der Waals surface area contributed by atoms with Crippen molar-refractivity contribution in [2.45, 2.75) is 6.43 Å². The van der Waals surface area contributed by atoms with Crippen molar-refractivity contribution >= 4 is 17.4 Å². The topological polar surface area (TPSA) is 43.1 Å². The summed E-state index contributed by atoms with van der Waals surface area (Å²) in [5.74, 6) is -0.187. The minimum Gasteiger partial charge on any atom is -0.434 e. The number of nitrogens with zero attached hydrogens (tertiary/aromatic N) is 1. The Bertz CT molecular complexity index is 479. The summed E-state index contributed by atoms with van der Waals surface area (Å²) in [6.07, 6.45) is -2.24. The Morgan fingerprint density at radius 3 is 2.86 bits per heavy atom. The van der Waals surface area contributed by atoms with Gasteiger partial charge in [-0.05, 0) is 6.07 Å². The summed E-state index contributed by atoms with van der Waals surface area (Å²) in [6.45, 7) is 0.